The summed E-state index contributed by atoms with van der Waals surface area (Å²) in [6.07, 6.45) is 6.75. The summed E-state index contributed by atoms with van der Waals surface area (Å²) in [5, 5.41) is -0.0186. The molecule has 0 aliphatic heterocycles. The van der Waals surface area contributed by atoms with Gasteiger partial charge in [0.1, 0.15) is 0 Å². The largest absolute Gasteiger partial charge is 0.294 e. The van der Waals surface area contributed by atoms with E-state index in [-0.39, 0.29) is 16.4 Å². The second-order valence-electron chi connectivity index (χ2n) is 4.69. The van der Waals surface area contributed by atoms with E-state index in [4.69, 9.17) is 11.6 Å². The highest BCUT2D eigenvalue weighted by Gasteiger charge is 2.14. The Bertz CT molecular complexity index is 432. The Hall–Kier alpha value is -0.960. The van der Waals surface area contributed by atoms with E-state index in [1.54, 1.807) is 0 Å². The maximum Gasteiger partial charge on any atom is 0.164 e. The summed E-state index contributed by atoms with van der Waals surface area (Å²) < 4.78 is 25.9. The van der Waals surface area contributed by atoms with E-state index >= 15 is 0 Å². The van der Waals surface area contributed by atoms with Gasteiger partial charge in [-0.2, -0.15) is 0 Å². The van der Waals surface area contributed by atoms with E-state index in [0.29, 0.717) is 6.42 Å². The summed E-state index contributed by atoms with van der Waals surface area (Å²) in [5.74, 6) is -2.28. The van der Waals surface area contributed by atoms with Gasteiger partial charge in [0.25, 0.3) is 0 Å². The molecular weight excluding hydrogens is 270 g/mol. The number of carbonyl (C=O) groups is 1. The van der Waals surface area contributed by atoms with E-state index in [2.05, 4.69) is 6.92 Å². The maximum absolute atomic E-state index is 13.1. The second-order valence-corrected chi connectivity index (χ2v) is 5.09. The van der Waals surface area contributed by atoms with Crippen molar-refractivity contribution in [2.75, 3.05) is 0 Å². The highest BCUT2D eigenvalue weighted by molar-refractivity contribution is 6.33. The number of unbranched alkanes of at least 4 members (excludes halogenated alkanes) is 5. The van der Waals surface area contributed by atoms with Crippen molar-refractivity contribution in [1.82, 2.24) is 0 Å². The van der Waals surface area contributed by atoms with Crippen LogP contribution >= 0.6 is 11.6 Å². The molecule has 0 radical (unpaired) electrons. The van der Waals surface area contributed by atoms with Crippen LogP contribution in [0.15, 0.2) is 12.1 Å². The molecule has 1 rings (SSSR count). The van der Waals surface area contributed by atoms with Crippen LogP contribution in [0.25, 0.3) is 0 Å². The van der Waals surface area contributed by atoms with Gasteiger partial charge in [-0.05, 0) is 18.6 Å². The molecule has 0 aromatic heterocycles. The normalized spacial score (nSPS) is 10.7. The van der Waals surface area contributed by atoms with E-state index in [0.717, 1.165) is 31.4 Å². The quantitative estimate of drug-likeness (QED) is 0.348. The molecule has 0 bridgehead atoms. The van der Waals surface area contributed by atoms with Crippen molar-refractivity contribution in [3.63, 3.8) is 0 Å². The molecule has 1 nitrogen and oxygen atoms in total. The van der Waals surface area contributed by atoms with Gasteiger partial charge in [-0.1, -0.05) is 50.6 Å². The van der Waals surface area contributed by atoms with Crippen LogP contribution in [0.2, 0.25) is 5.02 Å². The Kier molecular flexibility index (Phi) is 7.00. The van der Waals surface area contributed by atoms with Gasteiger partial charge in [0.15, 0.2) is 17.4 Å². The van der Waals surface area contributed by atoms with Crippen molar-refractivity contribution in [2.45, 2.75) is 51.9 Å². The molecule has 0 saturated heterocycles. The monoisotopic (exact) mass is 288 g/mol. The first kappa shape index (κ1) is 16.1. The number of benzene rings is 1. The fraction of sp³-hybridized carbons (Fsp3) is 0.533. The fourth-order valence-electron chi connectivity index (χ4n) is 1.94. The number of rotatable bonds is 8. The molecule has 0 saturated carbocycles. The SMILES string of the molecule is CCCCCCCCC(=O)c1cc(F)c(F)cc1Cl. The number of Topliss-reactive ketones (excluding diaryl/α,β-unsaturated/α-hetero) is 1. The standard InChI is InChI=1S/C15H19ClF2O/c1-2-3-4-5-6-7-8-15(19)11-9-13(17)14(18)10-12(11)16/h9-10H,2-8H2,1H3. The van der Waals surface area contributed by atoms with Gasteiger partial charge in [-0.25, -0.2) is 8.78 Å². The molecule has 0 heterocycles. The molecule has 19 heavy (non-hydrogen) atoms. The molecule has 0 N–H and O–H groups in total. The van der Waals surface area contributed by atoms with Crippen molar-refractivity contribution in [1.29, 1.82) is 0 Å². The molecule has 0 unspecified atom stereocenters. The van der Waals surface area contributed by atoms with E-state index < -0.39 is 11.6 Å². The Morgan fingerprint density at radius 3 is 2.32 bits per heavy atom. The van der Waals surface area contributed by atoms with Crippen LogP contribution in [0, 0.1) is 11.6 Å². The number of hydrogen-bond donors (Lipinski definition) is 0. The molecule has 4 heteroatoms. The smallest absolute Gasteiger partial charge is 0.164 e. The van der Waals surface area contributed by atoms with Crippen molar-refractivity contribution in [3.05, 3.63) is 34.4 Å². The van der Waals surface area contributed by atoms with Gasteiger partial charge in [0.2, 0.25) is 0 Å². The Morgan fingerprint density at radius 2 is 1.63 bits per heavy atom. The van der Waals surface area contributed by atoms with Crippen LogP contribution in [0.5, 0.6) is 0 Å². The number of hydrogen-bond acceptors (Lipinski definition) is 1. The third-order valence-corrected chi connectivity index (χ3v) is 3.38. The van der Waals surface area contributed by atoms with Crippen molar-refractivity contribution in [3.8, 4) is 0 Å². The lowest BCUT2D eigenvalue weighted by atomic mass is 10.0. The van der Waals surface area contributed by atoms with Crippen molar-refractivity contribution in [2.24, 2.45) is 0 Å². The predicted molar refractivity (Wildman–Crippen MR) is 73.7 cm³/mol. The fourth-order valence-corrected chi connectivity index (χ4v) is 2.19. The topological polar surface area (TPSA) is 17.1 Å². The molecule has 0 fully saturated rings. The van der Waals surface area contributed by atoms with Crippen LogP contribution in [0.1, 0.15) is 62.2 Å². The summed E-state index contributed by atoms with van der Waals surface area (Å²) in [7, 11) is 0. The molecule has 0 amide bonds. The second kappa shape index (κ2) is 8.26. The minimum absolute atomic E-state index is 0.0186. The van der Waals surface area contributed by atoms with Gasteiger partial charge in [0, 0.05) is 12.0 Å². The Morgan fingerprint density at radius 1 is 1.05 bits per heavy atom. The van der Waals surface area contributed by atoms with Gasteiger partial charge in [-0.15, -0.1) is 0 Å². The third kappa shape index (κ3) is 5.27. The lowest BCUT2D eigenvalue weighted by Crippen LogP contribution is -2.02. The molecule has 0 spiro atoms. The number of halogens is 3. The van der Waals surface area contributed by atoms with Crippen molar-refractivity contribution >= 4 is 17.4 Å². The first-order valence-corrected chi connectivity index (χ1v) is 7.11. The van der Waals surface area contributed by atoms with E-state index in [1.807, 2.05) is 0 Å². The van der Waals surface area contributed by atoms with Crippen LogP contribution < -0.4 is 0 Å². The molecule has 1 aromatic rings. The molecule has 0 aliphatic rings. The lowest BCUT2D eigenvalue weighted by molar-refractivity contribution is 0.0978. The first-order valence-electron chi connectivity index (χ1n) is 6.74. The third-order valence-electron chi connectivity index (χ3n) is 3.07. The van der Waals surface area contributed by atoms with Crippen LogP contribution in [0.3, 0.4) is 0 Å². The summed E-state index contributed by atoms with van der Waals surface area (Å²) in [6, 6.07) is 1.74. The summed E-state index contributed by atoms with van der Waals surface area (Å²) >= 11 is 5.75. The number of carbonyl (C=O) groups excluding carboxylic acids is 1. The van der Waals surface area contributed by atoms with Crippen LogP contribution in [0.4, 0.5) is 8.78 Å². The summed E-state index contributed by atoms with van der Waals surface area (Å²) in [6.45, 7) is 2.15. The van der Waals surface area contributed by atoms with Crippen LogP contribution in [-0.4, -0.2) is 5.78 Å². The minimum atomic E-state index is -1.03. The average molecular weight is 289 g/mol. The first-order chi connectivity index (χ1) is 9.06. The highest BCUT2D eigenvalue weighted by Crippen LogP contribution is 2.22. The molecule has 106 valence electrons. The van der Waals surface area contributed by atoms with Gasteiger partial charge < -0.3 is 0 Å². The zero-order valence-corrected chi connectivity index (χ0v) is 11.9. The van der Waals surface area contributed by atoms with Gasteiger partial charge in [0.05, 0.1) is 5.02 Å². The average Bonchev–Trinajstić information content (AvgIpc) is 2.37. The van der Waals surface area contributed by atoms with Crippen molar-refractivity contribution < 1.29 is 13.6 Å². The van der Waals surface area contributed by atoms with Gasteiger partial charge in [-0.3, -0.25) is 4.79 Å². The Balaban J connectivity index is 2.43. The molecule has 0 aliphatic carbocycles. The maximum atomic E-state index is 13.1. The molecular formula is C15H19ClF2O. The highest BCUT2D eigenvalue weighted by atomic mass is 35.5. The zero-order valence-electron chi connectivity index (χ0n) is 11.1. The molecule has 0 atom stereocenters. The van der Waals surface area contributed by atoms with Crippen LogP contribution in [-0.2, 0) is 0 Å². The summed E-state index contributed by atoms with van der Waals surface area (Å²) in [5.41, 5.74) is 0.0779. The number of ketones is 1. The minimum Gasteiger partial charge on any atom is -0.294 e. The summed E-state index contributed by atoms with van der Waals surface area (Å²) in [4.78, 5) is 11.8. The molecule has 1 aromatic carbocycles. The van der Waals surface area contributed by atoms with E-state index in [1.165, 1.54) is 19.3 Å². The zero-order chi connectivity index (χ0) is 14.3. The Labute approximate surface area is 118 Å². The predicted octanol–water partition coefficient (Wildman–Crippen LogP) is 5.55. The lowest BCUT2D eigenvalue weighted by Gasteiger charge is -2.05. The van der Waals surface area contributed by atoms with E-state index in [9.17, 15) is 13.6 Å². The van der Waals surface area contributed by atoms with Gasteiger partial charge >= 0.3 is 0 Å².